The van der Waals surface area contributed by atoms with Crippen LogP contribution in [0, 0.1) is 0 Å². The molecule has 0 aromatic rings. The lowest BCUT2D eigenvalue weighted by atomic mass is 9.90. The molecule has 0 amide bonds. The molecule has 4 rings (SSSR count). The number of aliphatic hydroxyl groups excluding tert-OH is 1. The molecule has 6 atom stereocenters. The minimum Gasteiger partial charge on any atom is -0.412 e. The number of carbonyl (C=O) groups is 6. The van der Waals surface area contributed by atoms with Gasteiger partial charge in [-0.15, -0.1) is 0 Å². The Balaban J connectivity index is 2.07. The minimum absolute atomic E-state index is 0.0397. The second-order valence-electron chi connectivity index (χ2n) is 8.62. The van der Waals surface area contributed by atoms with Crippen molar-refractivity contribution in [3.05, 3.63) is 0 Å². The van der Waals surface area contributed by atoms with Crippen LogP contribution < -0.4 is 0 Å². The van der Waals surface area contributed by atoms with Crippen molar-refractivity contribution in [1.29, 1.82) is 0 Å². The molecule has 4 heterocycles. The van der Waals surface area contributed by atoms with E-state index in [1.54, 1.807) is 0 Å². The Hall–Kier alpha value is -3.34. The Labute approximate surface area is 194 Å². The number of hydrogen-bond acceptors (Lipinski definition) is 16. The minimum atomic E-state index is -4.08. The number of aliphatic hydroxyl groups is 4. The van der Waals surface area contributed by atoms with Gasteiger partial charge in [0.05, 0.1) is 25.7 Å². The highest BCUT2D eigenvalue weighted by atomic mass is 16.9. The van der Waals surface area contributed by atoms with Crippen LogP contribution in [-0.4, -0.2) is 91.1 Å². The number of rotatable bonds is 3. The molecule has 4 aliphatic heterocycles. The molecule has 192 valence electrons. The van der Waals surface area contributed by atoms with Crippen LogP contribution in [0.2, 0.25) is 0 Å². The van der Waals surface area contributed by atoms with Crippen molar-refractivity contribution in [3.8, 4) is 0 Å². The van der Waals surface area contributed by atoms with Crippen LogP contribution in [-0.2, 0) is 57.2 Å². The van der Waals surface area contributed by atoms with Crippen LogP contribution in [0.25, 0.3) is 0 Å². The SMILES string of the molecule is CCCC(O)C12OC(=O)CC(O)(CC(=O)OC13OC(=O)CC1(O)CC(=O)OC3(O)OC1=O)C(=O)O2. The predicted molar refractivity (Wildman–Crippen MR) is 96.2 cm³/mol. The van der Waals surface area contributed by atoms with Crippen molar-refractivity contribution >= 4 is 35.8 Å². The van der Waals surface area contributed by atoms with Gasteiger partial charge in [0.15, 0.2) is 11.2 Å². The highest BCUT2D eigenvalue weighted by Crippen LogP contribution is 2.52. The van der Waals surface area contributed by atoms with E-state index in [0.717, 1.165) is 0 Å². The van der Waals surface area contributed by atoms with Crippen molar-refractivity contribution in [2.45, 2.75) is 80.3 Å². The third kappa shape index (κ3) is 3.43. The smallest absolute Gasteiger partial charge is 0.412 e. The number of hydrogen-bond donors (Lipinski definition) is 4. The summed E-state index contributed by atoms with van der Waals surface area (Å²) in [6, 6.07) is 0. The molecular formula is C19H20O16. The Kier molecular flexibility index (Phi) is 5.36. The molecule has 0 saturated carbocycles. The molecule has 0 aliphatic carbocycles. The first-order chi connectivity index (χ1) is 16.1. The van der Waals surface area contributed by atoms with E-state index in [-0.39, 0.29) is 6.42 Å². The predicted octanol–water partition coefficient (Wildman–Crippen LogP) is -3.48. The maximum Gasteiger partial charge on any atom is 0.465 e. The van der Waals surface area contributed by atoms with Crippen LogP contribution in [0.1, 0.15) is 45.4 Å². The lowest BCUT2D eigenvalue weighted by molar-refractivity contribution is -0.509. The lowest BCUT2D eigenvalue weighted by Crippen LogP contribution is -2.80. The summed E-state index contributed by atoms with van der Waals surface area (Å²) in [6.07, 6.45) is -7.86. The standard InChI is InChI=1S/C19H20O16/c1-2-3-8(20)17-18(31-10(22)5-15(27,13(25)34-17)4-9(21)30-17)19(29)33-12(24)7-16(28,14(26)35-19)6-11(23)32-18/h8,20,27-29H,2-7H2,1H3. The fraction of sp³-hybridized carbons (Fsp3) is 0.684. The first-order valence-electron chi connectivity index (χ1n) is 10.3. The van der Waals surface area contributed by atoms with Crippen LogP contribution in [0.3, 0.4) is 0 Å². The largest absolute Gasteiger partial charge is 0.465 e. The van der Waals surface area contributed by atoms with Crippen molar-refractivity contribution in [1.82, 2.24) is 0 Å². The van der Waals surface area contributed by atoms with Crippen molar-refractivity contribution in [2.75, 3.05) is 0 Å². The molecule has 1 spiro atoms. The Bertz CT molecular complexity index is 1020. The molecule has 0 aromatic carbocycles. The average Bonchev–Trinajstić information content (AvgIpc) is 2.81. The summed E-state index contributed by atoms with van der Waals surface area (Å²) < 4.78 is 29.7. The molecule has 4 fully saturated rings. The molecule has 6 unspecified atom stereocenters. The molecular weight excluding hydrogens is 484 g/mol. The maximum atomic E-state index is 12.9. The average molecular weight is 504 g/mol. The van der Waals surface area contributed by atoms with Gasteiger partial charge in [-0.2, -0.15) is 0 Å². The van der Waals surface area contributed by atoms with Gasteiger partial charge in [0.1, 0.15) is 6.10 Å². The van der Waals surface area contributed by atoms with Gasteiger partial charge in [-0.25, -0.2) is 9.59 Å². The van der Waals surface area contributed by atoms with Gasteiger partial charge in [0.2, 0.25) is 0 Å². The highest BCUT2D eigenvalue weighted by molar-refractivity contribution is 5.94. The van der Waals surface area contributed by atoms with Gasteiger partial charge in [-0.3, -0.25) is 19.2 Å². The van der Waals surface area contributed by atoms with E-state index in [2.05, 4.69) is 0 Å². The van der Waals surface area contributed by atoms with Gasteiger partial charge < -0.3 is 48.8 Å². The normalized spacial score (nSPS) is 42.1. The van der Waals surface area contributed by atoms with E-state index in [1.165, 1.54) is 6.92 Å². The summed E-state index contributed by atoms with van der Waals surface area (Å²) in [4.78, 5) is 76.2. The first-order valence-corrected chi connectivity index (χ1v) is 10.3. The third-order valence-electron chi connectivity index (χ3n) is 5.89. The highest BCUT2D eigenvalue weighted by Gasteiger charge is 2.86. The van der Waals surface area contributed by atoms with Gasteiger partial charge >= 0.3 is 53.4 Å². The van der Waals surface area contributed by atoms with Crippen LogP contribution in [0.5, 0.6) is 0 Å². The van der Waals surface area contributed by atoms with Crippen molar-refractivity contribution < 1.29 is 77.6 Å². The fourth-order valence-corrected chi connectivity index (χ4v) is 4.25. The fourth-order valence-electron chi connectivity index (χ4n) is 4.25. The summed E-state index contributed by atoms with van der Waals surface area (Å²) in [6.45, 7) is 1.49. The van der Waals surface area contributed by atoms with E-state index in [9.17, 15) is 49.2 Å². The van der Waals surface area contributed by atoms with Crippen molar-refractivity contribution in [3.63, 3.8) is 0 Å². The summed E-state index contributed by atoms with van der Waals surface area (Å²) in [5.41, 5.74) is -5.76. The number of carbonyl (C=O) groups excluding carboxylic acids is 6. The van der Waals surface area contributed by atoms with E-state index in [4.69, 9.17) is 28.4 Å². The Morgan fingerprint density at radius 2 is 1.11 bits per heavy atom. The second-order valence-corrected chi connectivity index (χ2v) is 8.62. The Morgan fingerprint density at radius 1 is 0.686 bits per heavy atom. The molecule has 4 saturated heterocycles. The topological polar surface area (TPSA) is 239 Å². The molecule has 35 heavy (non-hydrogen) atoms. The molecule has 4 aliphatic rings. The number of esters is 6. The van der Waals surface area contributed by atoms with Crippen molar-refractivity contribution in [2.24, 2.45) is 0 Å². The second kappa shape index (κ2) is 7.58. The van der Waals surface area contributed by atoms with E-state index in [1.807, 2.05) is 0 Å². The summed E-state index contributed by atoms with van der Waals surface area (Å²) in [5, 5.41) is 43.4. The van der Waals surface area contributed by atoms with Crippen LogP contribution in [0.4, 0.5) is 0 Å². The van der Waals surface area contributed by atoms with Crippen LogP contribution >= 0.6 is 0 Å². The van der Waals surface area contributed by atoms with E-state index >= 15 is 0 Å². The van der Waals surface area contributed by atoms with Gasteiger partial charge in [-0.1, -0.05) is 13.3 Å². The molecule has 16 heteroatoms. The Morgan fingerprint density at radius 3 is 1.60 bits per heavy atom. The zero-order chi connectivity index (χ0) is 26.0. The van der Waals surface area contributed by atoms with E-state index < -0.39 is 103 Å². The number of ether oxygens (including phenoxy) is 6. The monoisotopic (exact) mass is 504 g/mol. The summed E-state index contributed by atoms with van der Waals surface area (Å²) in [5.74, 6) is -21.6. The van der Waals surface area contributed by atoms with Crippen LogP contribution in [0.15, 0.2) is 0 Å². The number of fused-ring (bicyclic) bond motifs is 8. The molecule has 0 aromatic heterocycles. The first kappa shape index (κ1) is 24.8. The zero-order valence-corrected chi connectivity index (χ0v) is 18.0. The molecule has 16 nitrogen and oxygen atoms in total. The maximum absolute atomic E-state index is 12.9. The van der Waals surface area contributed by atoms with E-state index in [0.29, 0.717) is 0 Å². The molecule has 4 bridgehead atoms. The zero-order valence-electron chi connectivity index (χ0n) is 18.0. The quantitative estimate of drug-likeness (QED) is 0.215. The van der Waals surface area contributed by atoms with Gasteiger partial charge in [0.25, 0.3) is 0 Å². The molecule has 4 N–H and O–H groups in total. The third-order valence-corrected chi connectivity index (χ3v) is 5.89. The summed E-state index contributed by atoms with van der Waals surface area (Å²) in [7, 11) is 0. The van der Waals surface area contributed by atoms with Gasteiger partial charge in [-0.05, 0) is 6.42 Å². The lowest BCUT2D eigenvalue weighted by Gasteiger charge is -2.51. The van der Waals surface area contributed by atoms with Gasteiger partial charge in [0, 0.05) is 0 Å². The summed E-state index contributed by atoms with van der Waals surface area (Å²) >= 11 is 0. The molecule has 0 radical (unpaired) electrons.